The fourth-order valence-electron chi connectivity index (χ4n) is 1.94. The van der Waals surface area contributed by atoms with Crippen LogP contribution in [0.1, 0.15) is 64.7 Å². The van der Waals surface area contributed by atoms with Crippen LogP contribution < -0.4 is 0 Å². The zero-order valence-corrected chi connectivity index (χ0v) is 14.2. The first kappa shape index (κ1) is 21.8. The maximum absolute atomic E-state index is 11.4. The average Bonchev–Trinajstić information content (AvgIpc) is 2.43. The Morgan fingerprint density at radius 2 is 1.52 bits per heavy atom. The van der Waals surface area contributed by atoms with Crippen LogP contribution in [0.2, 0.25) is 0 Å². The van der Waals surface area contributed by atoms with Gasteiger partial charge in [-0.15, -0.1) is 0 Å². The number of unbranched alkanes of at least 4 members (excludes halogenated alkanes) is 7. The Morgan fingerprint density at radius 3 is 2.00 bits per heavy atom. The summed E-state index contributed by atoms with van der Waals surface area (Å²) in [5, 5.41) is 8.71. The summed E-state index contributed by atoms with van der Waals surface area (Å²) < 4.78 is 38.1. The minimum Gasteiger partial charge on any atom is -0.479 e. The van der Waals surface area contributed by atoms with E-state index in [1.807, 2.05) is 0 Å². The van der Waals surface area contributed by atoms with E-state index < -0.39 is 34.9 Å². The van der Waals surface area contributed by atoms with Gasteiger partial charge < -0.3 is 9.84 Å². The Balaban J connectivity index is 3.78. The molecule has 0 heterocycles. The summed E-state index contributed by atoms with van der Waals surface area (Å²) in [6.45, 7) is 2.30. The molecule has 0 aromatic carbocycles. The predicted molar refractivity (Wildman–Crippen MR) is 82.2 cm³/mol. The third kappa shape index (κ3) is 14.2. The first-order chi connectivity index (χ1) is 10.8. The summed E-state index contributed by atoms with van der Waals surface area (Å²) in [6.07, 6.45) is 5.85. The van der Waals surface area contributed by atoms with Crippen molar-refractivity contribution in [1.29, 1.82) is 0 Å². The zero-order chi connectivity index (χ0) is 17.7. The monoisotopic (exact) mass is 354 g/mol. The summed E-state index contributed by atoms with van der Waals surface area (Å²) >= 11 is 0. The fraction of sp³-hybridized carbons (Fsp3) is 0.857. The van der Waals surface area contributed by atoms with Crippen molar-refractivity contribution in [2.75, 3.05) is 6.61 Å². The molecule has 0 saturated carbocycles. The van der Waals surface area contributed by atoms with E-state index in [1.165, 1.54) is 25.7 Å². The molecule has 0 rings (SSSR count). The molecule has 0 bridgehead atoms. The normalized spacial score (nSPS) is 12.8. The minimum atomic E-state index is -4.94. The number of carboxylic acids is 1. The molecule has 0 aliphatic heterocycles. The van der Waals surface area contributed by atoms with Gasteiger partial charge in [0.15, 0.2) is 6.10 Å². The second-order valence-electron chi connectivity index (χ2n) is 5.25. The topological polar surface area (TPSA) is 127 Å². The molecule has 0 amide bonds. The molecule has 0 radical (unpaired) electrons. The van der Waals surface area contributed by atoms with E-state index in [9.17, 15) is 18.0 Å². The van der Waals surface area contributed by atoms with Crippen molar-refractivity contribution in [2.45, 2.75) is 70.8 Å². The van der Waals surface area contributed by atoms with Gasteiger partial charge in [0, 0.05) is 0 Å². The Bertz CT molecular complexity index is 446. The molecule has 0 aliphatic rings. The van der Waals surface area contributed by atoms with Crippen LogP contribution in [-0.2, 0) is 28.9 Å². The lowest BCUT2D eigenvalue weighted by Crippen LogP contribution is -2.30. The van der Waals surface area contributed by atoms with E-state index in [1.54, 1.807) is 0 Å². The van der Waals surface area contributed by atoms with Crippen LogP contribution in [-0.4, -0.2) is 42.7 Å². The van der Waals surface area contributed by atoms with Crippen LogP contribution in [0.4, 0.5) is 0 Å². The van der Waals surface area contributed by atoms with Crippen molar-refractivity contribution in [3.8, 4) is 0 Å². The van der Waals surface area contributed by atoms with E-state index >= 15 is 0 Å². The van der Waals surface area contributed by atoms with Crippen LogP contribution in [0, 0.1) is 0 Å². The highest BCUT2D eigenvalue weighted by Gasteiger charge is 2.28. The van der Waals surface area contributed by atoms with Gasteiger partial charge >= 0.3 is 22.3 Å². The maximum Gasteiger partial charge on any atom is 0.398 e. The van der Waals surface area contributed by atoms with Gasteiger partial charge in [-0.25, -0.2) is 8.98 Å². The second kappa shape index (κ2) is 12.3. The number of hydrogen-bond donors (Lipinski definition) is 2. The van der Waals surface area contributed by atoms with E-state index in [4.69, 9.17) is 14.4 Å². The Labute approximate surface area is 137 Å². The summed E-state index contributed by atoms with van der Waals surface area (Å²) in [7, 11) is -4.94. The van der Waals surface area contributed by atoms with Crippen molar-refractivity contribution in [3.05, 3.63) is 0 Å². The van der Waals surface area contributed by atoms with Crippen LogP contribution in [0.3, 0.4) is 0 Å². The highest BCUT2D eigenvalue weighted by molar-refractivity contribution is 7.80. The Hall–Kier alpha value is -1.19. The quantitative estimate of drug-likeness (QED) is 0.276. The number of rotatable bonds is 14. The van der Waals surface area contributed by atoms with Gasteiger partial charge in [0.05, 0.1) is 13.0 Å². The smallest absolute Gasteiger partial charge is 0.398 e. The second-order valence-corrected chi connectivity index (χ2v) is 6.30. The third-order valence-electron chi connectivity index (χ3n) is 3.13. The molecule has 0 aliphatic carbocycles. The van der Waals surface area contributed by atoms with E-state index in [0.717, 1.165) is 19.3 Å². The highest BCUT2D eigenvalue weighted by atomic mass is 32.3. The summed E-state index contributed by atoms with van der Waals surface area (Å²) in [4.78, 5) is 22.1. The number of ether oxygens (including phenoxy) is 1. The van der Waals surface area contributed by atoms with Gasteiger partial charge in [-0.3, -0.25) is 9.35 Å². The number of aliphatic carboxylic acids is 1. The molecule has 0 aromatic rings. The van der Waals surface area contributed by atoms with Crippen LogP contribution in [0.5, 0.6) is 0 Å². The lowest BCUT2D eigenvalue weighted by molar-refractivity contribution is -0.154. The Kier molecular flexibility index (Phi) is 11.6. The molecule has 0 spiro atoms. The molecule has 9 heteroatoms. The molecule has 0 fully saturated rings. The van der Waals surface area contributed by atoms with Crippen molar-refractivity contribution in [3.63, 3.8) is 0 Å². The number of hydrogen-bond acceptors (Lipinski definition) is 6. The van der Waals surface area contributed by atoms with Gasteiger partial charge in [0.2, 0.25) is 0 Å². The predicted octanol–water partition coefficient (Wildman–Crippen LogP) is 2.33. The lowest BCUT2D eigenvalue weighted by atomic mass is 10.1. The molecule has 2 N–H and O–H groups in total. The van der Waals surface area contributed by atoms with E-state index in [-0.39, 0.29) is 6.61 Å². The largest absolute Gasteiger partial charge is 0.479 e. The number of carbonyl (C=O) groups excluding carboxylic acids is 1. The molecule has 8 nitrogen and oxygen atoms in total. The van der Waals surface area contributed by atoms with Crippen LogP contribution >= 0.6 is 0 Å². The van der Waals surface area contributed by atoms with Gasteiger partial charge in [0.1, 0.15) is 0 Å². The van der Waals surface area contributed by atoms with E-state index in [0.29, 0.717) is 6.42 Å². The van der Waals surface area contributed by atoms with Crippen LogP contribution in [0.25, 0.3) is 0 Å². The maximum atomic E-state index is 11.4. The first-order valence-electron chi connectivity index (χ1n) is 7.80. The van der Waals surface area contributed by atoms with Gasteiger partial charge in [-0.1, -0.05) is 51.9 Å². The highest BCUT2D eigenvalue weighted by Crippen LogP contribution is 2.09. The fourth-order valence-corrected chi connectivity index (χ4v) is 2.39. The minimum absolute atomic E-state index is 0.145. The molecular weight excluding hydrogens is 328 g/mol. The molecule has 0 saturated heterocycles. The first-order valence-corrected chi connectivity index (χ1v) is 9.17. The third-order valence-corrected chi connectivity index (χ3v) is 3.60. The molecule has 0 aromatic heterocycles. The lowest BCUT2D eigenvalue weighted by Gasteiger charge is -2.10. The van der Waals surface area contributed by atoms with Crippen molar-refractivity contribution >= 4 is 22.3 Å². The van der Waals surface area contributed by atoms with Crippen molar-refractivity contribution in [1.82, 2.24) is 0 Å². The van der Waals surface area contributed by atoms with E-state index in [2.05, 4.69) is 11.1 Å². The van der Waals surface area contributed by atoms with Gasteiger partial charge in [0.25, 0.3) is 0 Å². The molecule has 1 unspecified atom stereocenters. The summed E-state index contributed by atoms with van der Waals surface area (Å²) in [6, 6.07) is 0. The zero-order valence-electron chi connectivity index (χ0n) is 13.4. The number of carboxylic acid groups (broad SMARTS) is 1. The van der Waals surface area contributed by atoms with Crippen molar-refractivity contribution < 1.29 is 36.6 Å². The SMILES string of the molecule is CCCCCCCCCCOC(=O)CC(OS(=O)(=O)O)C(=O)O. The average molecular weight is 354 g/mol. The van der Waals surface area contributed by atoms with Gasteiger partial charge in [-0.2, -0.15) is 8.42 Å². The molecule has 136 valence electrons. The summed E-state index contributed by atoms with van der Waals surface area (Å²) in [5.41, 5.74) is 0. The standard InChI is InChI=1S/C14H26O8S/c1-2-3-4-5-6-7-8-9-10-21-13(15)11-12(14(16)17)22-23(18,19)20/h12H,2-11H2,1H3,(H,16,17)(H,18,19,20). The number of esters is 1. The van der Waals surface area contributed by atoms with Crippen LogP contribution in [0.15, 0.2) is 0 Å². The van der Waals surface area contributed by atoms with Crippen molar-refractivity contribution in [2.24, 2.45) is 0 Å². The molecule has 1 atom stereocenters. The molecular formula is C14H26O8S. The summed E-state index contributed by atoms with van der Waals surface area (Å²) in [5.74, 6) is -2.56. The molecule has 23 heavy (non-hydrogen) atoms. The Morgan fingerprint density at radius 1 is 1.00 bits per heavy atom. The van der Waals surface area contributed by atoms with Gasteiger partial charge in [-0.05, 0) is 6.42 Å². The number of carbonyl (C=O) groups is 2.